The normalized spacial score (nSPS) is 16.9. The number of amidine groups is 1. The molecular formula is C20H12BrClN2O2S. The highest BCUT2D eigenvalue weighted by Gasteiger charge is 2.24. The second kappa shape index (κ2) is 7.76. The SMILES string of the molecule is O=C1NC(=Nc2ccc(Cl)cc2)S/C1=C\c1ccc(-c2ccc(Br)cc2)o1. The summed E-state index contributed by atoms with van der Waals surface area (Å²) in [5, 5.41) is 3.92. The van der Waals surface area contributed by atoms with E-state index in [1.165, 1.54) is 11.8 Å². The minimum Gasteiger partial charge on any atom is -0.457 e. The monoisotopic (exact) mass is 458 g/mol. The van der Waals surface area contributed by atoms with E-state index in [1.807, 2.05) is 36.4 Å². The van der Waals surface area contributed by atoms with Crippen molar-refractivity contribution in [2.24, 2.45) is 4.99 Å². The minimum atomic E-state index is -0.200. The van der Waals surface area contributed by atoms with E-state index in [-0.39, 0.29) is 5.91 Å². The van der Waals surface area contributed by atoms with E-state index in [1.54, 1.807) is 30.3 Å². The predicted molar refractivity (Wildman–Crippen MR) is 114 cm³/mol. The Kier molecular flexibility index (Phi) is 5.20. The molecule has 1 aromatic heterocycles. The molecule has 0 bridgehead atoms. The third kappa shape index (κ3) is 4.35. The van der Waals surface area contributed by atoms with E-state index < -0.39 is 0 Å². The second-order valence-corrected chi connectivity index (χ2v) is 8.05. The maximum Gasteiger partial charge on any atom is 0.264 e. The van der Waals surface area contributed by atoms with Crippen LogP contribution in [0, 0.1) is 0 Å². The third-order valence-electron chi connectivity index (χ3n) is 3.74. The Morgan fingerprint density at radius 1 is 1.04 bits per heavy atom. The molecular weight excluding hydrogens is 448 g/mol. The topological polar surface area (TPSA) is 54.6 Å². The molecule has 1 aliphatic rings. The first-order valence-corrected chi connectivity index (χ1v) is 9.96. The van der Waals surface area contributed by atoms with Gasteiger partial charge in [-0.25, -0.2) is 4.99 Å². The summed E-state index contributed by atoms with van der Waals surface area (Å²) in [6, 6.07) is 18.7. The summed E-state index contributed by atoms with van der Waals surface area (Å²) in [6.45, 7) is 0. The van der Waals surface area contributed by atoms with E-state index >= 15 is 0 Å². The summed E-state index contributed by atoms with van der Waals surface area (Å²) < 4.78 is 6.85. The van der Waals surface area contributed by atoms with Crippen LogP contribution in [0.3, 0.4) is 0 Å². The molecule has 4 rings (SSSR count). The average Bonchev–Trinajstić information content (AvgIpc) is 3.25. The van der Waals surface area contributed by atoms with Crippen LogP contribution < -0.4 is 5.32 Å². The zero-order chi connectivity index (χ0) is 18.8. The summed E-state index contributed by atoms with van der Waals surface area (Å²) in [7, 11) is 0. The summed E-state index contributed by atoms with van der Waals surface area (Å²) in [5.74, 6) is 1.15. The predicted octanol–water partition coefficient (Wildman–Crippen LogP) is 6.25. The van der Waals surface area contributed by atoms with E-state index in [0.717, 1.165) is 21.5 Å². The number of nitrogens with zero attached hydrogens (tertiary/aromatic N) is 1. The molecule has 1 N–H and O–H groups in total. The van der Waals surface area contributed by atoms with Crippen molar-refractivity contribution in [1.29, 1.82) is 0 Å². The van der Waals surface area contributed by atoms with Crippen LogP contribution in [-0.2, 0) is 4.79 Å². The zero-order valence-corrected chi connectivity index (χ0v) is 16.9. The van der Waals surface area contributed by atoms with Crippen molar-refractivity contribution in [3.8, 4) is 11.3 Å². The molecule has 0 radical (unpaired) electrons. The van der Waals surface area contributed by atoms with Crippen molar-refractivity contribution in [2.75, 3.05) is 0 Å². The standard InChI is InChI=1S/C20H12BrClN2O2S/c21-13-3-1-12(2-4-13)17-10-9-16(26-17)11-18-19(25)24-20(27-18)23-15-7-5-14(22)6-8-15/h1-11H,(H,23,24,25)/b18-11-. The molecule has 27 heavy (non-hydrogen) atoms. The first-order chi connectivity index (χ1) is 13.1. The number of hydrogen-bond acceptors (Lipinski definition) is 4. The Hall–Kier alpha value is -2.28. The first kappa shape index (κ1) is 18.1. The molecule has 2 aromatic carbocycles. The van der Waals surface area contributed by atoms with Crippen LogP contribution in [0.4, 0.5) is 5.69 Å². The number of rotatable bonds is 3. The van der Waals surface area contributed by atoms with Gasteiger partial charge in [0.05, 0.1) is 10.6 Å². The number of hydrogen-bond donors (Lipinski definition) is 1. The fourth-order valence-electron chi connectivity index (χ4n) is 2.44. The molecule has 0 saturated carbocycles. The molecule has 1 fully saturated rings. The smallest absolute Gasteiger partial charge is 0.264 e. The second-order valence-electron chi connectivity index (χ2n) is 5.67. The Labute approximate surface area is 173 Å². The molecule has 4 nitrogen and oxygen atoms in total. The van der Waals surface area contributed by atoms with E-state index in [0.29, 0.717) is 20.9 Å². The van der Waals surface area contributed by atoms with Crippen LogP contribution in [0.5, 0.6) is 0 Å². The first-order valence-electron chi connectivity index (χ1n) is 7.98. The van der Waals surface area contributed by atoms with Gasteiger partial charge in [-0.05, 0) is 60.3 Å². The number of carbonyl (C=O) groups is 1. The Morgan fingerprint density at radius 2 is 1.78 bits per heavy atom. The molecule has 0 aliphatic carbocycles. The van der Waals surface area contributed by atoms with Crippen LogP contribution in [0.2, 0.25) is 5.02 Å². The lowest BCUT2D eigenvalue weighted by molar-refractivity contribution is -0.115. The van der Waals surface area contributed by atoms with Gasteiger partial charge in [0.1, 0.15) is 11.5 Å². The summed E-state index contributed by atoms with van der Waals surface area (Å²) in [4.78, 5) is 17.1. The molecule has 7 heteroatoms. The largest absolute Gasteiger partial charge is 0.457 e. The summed E-state index contributed by atoms with van der Waals surface area (Å²) in [5.41, 5.74) is 1.69. The number of furan rings is 1. The number of benzene rings is 2. The van der Waals surface area contributed by atoms with Crippen molar-refractivity contribution in [2.45, 2.75) is 0 Å². The van der Waals surface area contributed by atoms with Gasteiger partial charge in [-0.1, -0.05) is 39.7 Å². The highest BCUT2D eigenvalue weighted by molar-refractivity contribution is 9.10. The highest BCUT2D eigenvalue weighted by atomic mass is 79.9. The number of carbonyl (C=O) groups excluding carboxylic acids is 1. The van der Waals surface area contributed by atoms with Crippen molar-refractivity contribution < 1.29 is 9.21 Å². The van der Waals surface area contributed by atoms with Gasteiger partial charge in [-0.15, -0.1) is 0 Å². The van der Waals surface area contributed by atoms with Gasteiger partial charge < -0.3 is 9.73 Å². The van der Waals surface area contributed by atoms with Gasteiger partial charge in [0.25, 0.3) is 5.91 Å². The zero-order valence-electron chi connectivity index (χ0n) is 13.8. The highest BCUT2D eigenvalue weighted by Crippen LogP contribution is 2.30. The molecule has 0 spiro atoms. The maximum atomic E-state index is 12.2. The Morgan fingerprint density at radius 3 is 2.52 bits per heavy atom. The fourth-order valence-corrected chi connectivity index (χ4v) is 3.65. The summed E-state index contributed by atoms with van der Waals surface area (Å²) >= 11 is 10.6. The average molecular weight is 460 g/mol. The number of aliphatic imine (C=N–C) groups is 1. The number of amides is 1. The number of halogens is 2. The number of thioether (sulfide) groups is 1. The van der Waals surface area contributed by atoms with Gasteiger partial charge in [0.15, 0.2) is 5.17 Å². The molecule has 0 unspecified atom stereocenters. The minimum absolute atomic E-state index is 0.200. The molecule has 1 amide bonds. The van der Waals surface area contributed by atoms with Crippen LogP contribution in [-0.4, -0.2) is 11.1 Å². The third-order valence-corrected chi connectivity index (χ3v) is 5.43. The number of nitrogens with one attached hydrogen (secondary N) is 1. The molecule has 2 heterocycles. The Bertz CT molecular complexity index is 1060. The van der Waals surface area contributed by atoms with Gasteiger partial charge in [0, 0.05) is 21.1 Å². The van der Waals surface area contributed by atoms with E-state index in [9.17, 15) is 4.79 Å². The lowest BCUT2D eigenvalue weighted by Crippen LogP contribution is -2.19. The van der Waals surface area contributed by atoms with Crippen LogP contribution >= 0.6 is 39.3 Å². The molecule has 134 valence electrons. The molecule has 1 aliphatic heterocycles. The molecule has 3 aromatic rings. The van der Waals surface area contributed by atoms with Crippen molar-refractivity contribution in [1.82, 2.24) is 5.32 Å². The lowest BCUT2D eigenvalue weighted by Gasteiger charge is -1.97. The van der Waals surface area contributed by atoms with Gasteiger partial charge in [-0.2, -0.15) is 0 Å². The molecule has 1 saturated heterocycles. The quantitative estimate of drug-likeness (QED) is 0.471. The van der Waals surface area contributed by atoms with Crippen molar-refractivity contribution >= 4 is 62.1 Å². The summed E-state index contributed by atoms with van der Waals surface area (Å²) in [6.07, 6.45) is 1.72. The lowest BCUT2D eigenvalue weighted by atomic mass is 10.2. The van der Waals surface area contributed by atoms with Crippen LogP contribution in [0.15, 0.2) is 79.5 Å². The van der Waals surface area contributed by atoms with E-state index in [4.69, 9.17) is 16.0 Å². The maximum absolute atomic E-state index is 12.2. The molecule has 0 atom stereocenters. The van der Waals surface area contributed by atoms with E-state index in [2.05, 4.69) is 26.2 Å². The van der Waals surface area contributed by atoms with Gasteiger partial charge in [-0.3, -0.25) is 4.79 Å². The Balaban J connectivity index is 1.53. The van der Waals surface area contributed by atoms with Crippen molar-refractivity contribution in [3.63, 3.8) is 0 Å². The van der Waals surface area contributed by atoms with Crippen LogP contribution in [0.25, 0.3) is 17.4 Å². The van der Waals surface area contributed by atoms with Crippen molar-refractivity contribution in [3.05, 3.63) is 80.8 Å². The van der Waals surface area contributed by atoms with Crippen LogP contribution in [0.1, 0.15) is 5.76 Å². The van der Waals surface area contributed by atoms with Gasteiger partial charge >= 0.3 is 0 Å². The fraction of sp³-hybridized carbons (Fsp3) is 0. The van der Waals surface area contributed by atoms with Gasteiger partial charge in [0.2, 0.25) is 0 Å².